The van der Waals surface area contributed by atoms with Gasteiger partial charge in [0.25, 0.3) is 0 Å². The molecule has 0 amide bonds. The van der Waals surface area contributed by atoms with E-state index in [9.17, 15) is 0 Å². The third kappa shape index (κ3) is 3.61. The highest BCUT2D eigenvalue weighted by atomic mass is 35.5. The number of rotatable bonds is 5. The van der Waals surface area contributed by atoms with Gasteiger partial charge < -0.3 is 10.1 Å². The zero-order valence-electron chi connectivity index (χ0n) is 11.1. The minimum atomic E-state index is -0.0567. The van der Waals surface area contributed by atoms with Gasteiger partial charge in [0.05, 0.1) is 12.0 Å². The van der Waals surface area contributed by atoms with Gasteiger partial charge in [0.2, 0.25) is 5.88 Å². The molecule has 0 spiro atoms. The van der Waals surface area contributed by atoms with Crippen LogP contribution in [0.3, 0.4) is 0 Å². The summed E-state index contributed by atoms with van der Waals surface area (Å²) in [6, 6.07) is 13.6. The summed E-state index contributed by atoms with van der Waals surface area (Å²) in [6.45, 7) is 4.49. The number of hydrogen-bond donors (Lipinski definition) is 1. The second kappa shape index (κ2) is 6.43. The summed E-state index contributed by atoms with van der Waals surface area (Å²) < 4.78 is 5.38. The Morgan fingerprint density at radius 3 is 2.74 bits per heavy atom. The van der Waals surface area contributed by atoms with Gasteiger partial charge in [-0.1, -0.05) is 24.3 Å². The lowest BCUT2D eigenvalue weighted by molar-refractivity contribution is 0.327. The van der Waals surface area contributed by atoms with Gasteiger partial charge in [0, 0.05) is 11.8 Å². The average molecular weight is 277 g/mol. The van der Waals surface area contributed by atoms with Crippen LogP contribution in [0.1, 0.15) is 24.8 Å². The molecule has 1 aromatic heterocycles. The maximum absolute atomic E-state index is 6.17. The third-order valence-corrected chi connectivity index (χ3v) is 2.90. The molecule has 1 atom stereocenters. The number of alkyl halides is 1. The van der Waals surface area contributed by atoms with Crippen molar-refractivity contribution < 1.29 is 4.74 Å². The first kappa shape index (κ1) is 13.7. The van der Waals surface area contributed by atoms with Gasteiger partial charge in [-0.2, -0.15) is 4.98 Å². The minimum absolute atomic E-state index is 0.0567. The molecule has 0 fully saturated rings. The van der Waals surface area contributed by atoms with Crippen LogP contribution in [0.15, 0.2) is 42.5 Å². The van der Waals surface area contributed by atoms with Crippen LogP contribution in [0.5, 0.6) is 5.88 Å². The molecule has 100 valence electrons. The van der Waals surface area contributed by atoms with Crippen LogP contribution >= 0.6 is 11.6 Å². The van der Waals surface area contributed by atoms with Gasteiger partial charge in [-0.15, -0.1) is 11.6 Å². The summed E-state index contributed by atoms with van der Waals surface area (Å²) in [5.74, 6) is 1.36. The second-order valence-electron chi connectivity index (χ2n) is 4.12. The maximum atomic E-state index is 6.17. The summed E-state index contributed by atoms with van der Waals surface area (Å²) in [5.41, 5.74) is 2.01. The molecule has 2 aromatic rings. The summed E-state index contributed by atoms with van der Waals surface area (Å²) in [6.07, 6.45) is 0. The molecule has 4 heteroatoms. The Morgan fingerprint density at radius 2 is 2.00 bits per heavy atom. The van der Waals surface area contributed by atoms with Crippen LogP contribution in [-0.4, -0.2) is 11.6 Å². The minimum Gasteiger partial charge on any atom is -0.478 e. The number of hydrogen-bond acceptors (Lipinski definition) is 3. The molecule has 0 aliphatic carbocycles. The van der Waals surface area contributed by atoms with Crippen molar-refractivity contribution in [2.75, 3.05) is 11.9 Å². The predicted octanol–water partition coefficient (Wildman–Crippen LogP) is 4.52. The largest absolute Gasteiger partial charge is 0.478 e. The van der Waals surface area contributed by atoms with E-state index >= 15 is 0 Å². The zero-order chi connectivity index (χ0) is 13.7. The van der Waals surface area contributed by atoms with E-state index in [4.69, 9.17) is 16.3 Å². The number of halogens is 1. The molecule has 0 saturated heterocycles. The Kier molecular flexibility index (Phi) is 4.63. The lowest BCUT2D eigenvalue weighted by Crippen LogP contribution is -2.00. The van der Waals surface area contributed by atoms with Crippen molar-refractivity contribution in [2.45, 2.75) is 19.2 Å². The molecule has 0 saturated carbocycles. The normalized spacial score (nSPS) is 11.9. The molecule has 1 unspecified atom stereocenters. The molecule has 1 heterocycles. The van der Waals surface area contributed by atoms with Crippen LogP contribution in [0.2, 0.25) is 0 Å². The number of nitrogens with one attached hydrogen (secondary N) is 1. The van der Waals surface area contributed by atoms with E-state index in [0.717, 1.165) is 17.1 Å². The fraction of sp³-hybridized carbons (Fsp3) is 0.267. The molecular formula is C15H17ClN2O. The lowest BCUT2D eigenvalue weighted by atomic mass is 10.1. The predicted molar refractivity (Wildman–Crippen MR) is 79.4 cm³/mol. The van der Waals surface area contributed by atoms with E-state index in [0.29, 0.717) is 12.5 Å². The number of anilines is 2. The molecular weight excluding hydrogens is 260 g/mol. The van der Waals surface area contributed by atoms with E-state index in [-0.39, 0.29) is 5.38 Å². The van der Waals surface area contributed by atoms with E-state index < -0.39 is 0 Å². The first-order chi connectivity index (χ1) is 9.20. The quantitative estimate of drug-likeness (QED) is 0.815. The van der Waals surface area contributed by atoms with Gasteiger partial charge in [-0.25, -0.2) is 0 Å². The highest BCUT2D eigenvalue weighted by Gasteiger charge is 2.08. The molecule has 0 aliphatic rings. The molecule has 1 aromatic carbocycles. The Labute approximate surface area is 118 Å². The van der Waals surface area contributed by atoms with E-state index in [2.05, 4.69) is 10.3 Å². The summed E-state index contributed by atoms with van der Waals surface area (Å²) >= 11 is 6.17. The Bertz CT molecular complexity index is 543. The standard InChI is InChI=1S/C15H17ClN2O/c1-3-19-15-10-6-9-14(18-15)17-13-8-5-4-7-12(13)11(2)16/h4-11H,3H2,1-2H3,(H,17,18). The third-order valence-electron chi connectivity index (χ3n) is 2.67. The zero-order valence-corrected chi connectivity index (χ0v) is 11.8. The van der Waals surface area contributed by atoms with Crippen molar-refractivity contribution in [3.8, 4) is 5.88 Å². The molecule has 0 radical (unpaired) electrons. The number of para-hydroxylation sites is 1. The van der Waals surface area contributed by atoms with Crippen LogP contribution in [0.4, 0.5) is 11.5 Å². The highest BCUT2D eigenvalue weighted by Crippen LogP contribution is 2.29. The molecule has 0 bridgehead atoms. The Hall–Kier alpha value is -1.74. The fourth-order valence-corrected chi connectivity index (χ4v) is 2.00. The van der Waals surface area contributed by atoms with E-state index in [1.165, 1.54) is 0 Å². The molecule has 3 nitrogen and oxygen atoms in total. The summed E-state index contributed by atoms with van der Waals surface area (Å²) in [7, 11) is 0. The Balaban J connectivity index is 2.23. The molecule has 1 N–H and O–H groups in total. The number of benzene rings is 1. The molecule has 0 aliphatic heterocycles. The van der Waals surface area contributed by atoms with Crippen molar-refractivity contribution >= 4 is 23.1 Å². The average Bonchev–Trinajstić information content (AvgIpc) is 2.40. The van der Waals surface area contributed by atoms with Crippen molar-refractivity contribution in [1.82, 2.24) is 4.98 Å². The number of ether oxygens (including phenoxy) is 1. The van der Waals surface area contributed by atoms with Crippen molar-refractivity contribution in [3.05, 3.63) is 48.0 Å². The lowest BCUT2D eigenvalue weighted by Gasteiger charge is -2.13. The first-order valence-electron chi connectivity index (χ1n) is 6.30. The van der Waals surface area contributed by atoms with Gasteiger partial charge in [-0.3, -0.25) is 0 Å². The van der Waals surface area contributed by atoms with Crippen LogP contribution in [0.25, 0.3) is 0 Å². The monoisotopic (exact) mass is 276 g/mol. The smallest absolute Gasteiger partial charge is 0.215 e. The van der Waals surface area contributed by atoms with Crippen molar-refractivity contribution in [1.29, 1.82) is 0 Å². The van der Waals surface area contributed by atoms with Gasteiger partial charge in [0.15, 0.2) is 0 Å². The van der Waals surface area contributed by atoms with Gasteiger partial charge in [0.1, 0.15) is 5.82 Å². The van der Waals surface area contributed by atoms with Gasteiger partial charge >= 0.3 is 0 Å². The fourth-order valence-electron chi connectivity index (χ4n) is 1.81. The molecule has 19 heavy (non-hydrogen) atoms. The second-order valence-corrected chi connectivity index (χ2v) is 4.78. The van der Waals surface area contributed by atoms with Crippen molar-refractivity contribution in [2.24, 2.45) is 0 Å². The van der Waals surface area contributed by atoms with E-state index in [1.807, 2.05) is 56.3 Å². The topological polar surface area (TPSA) is 34.1 Å². The molecule has 2 rings (SSSR count). The highest BCUT2D eigenvalue weighted by molar-refractivity contribution is 6.21. The van der Waals surface area contributed by atoms with Crippen LogP contribution < -0.4 is 10.1 Å². The number of aromatic nitrogens is 1. The SMILES string of the molecule is CCOc1cccc(Nc2ccccc2C(C)Cl)n1. The summed E-state index contributed by atoms with van der Waals surface area (Å²) in [4.78, 5) is 4.38. The van der Waals surface area contributed by atoms with Crippen LogP contribution in [0, 0.1) is 0 Å². The Morgan fingerprint density at radius 1 is 1.21 bits per heavy atom. The number of pyridine rings is 1. The van der Waals surface area contributed by atoms with Crippen molar-refractivity contribution in [3.63, 3.8) is 0 Å². The van der Waals surface area contributed by atoms with Crippen LogP contribution in [-0.2, 0) is 0 Å². The summed E-state index contributed by atoms with van der Waals surface area (Å²) in [5, 5.41) is 3.22. The van der Waals surface area contributed by atoms with Gasteiger partial charge in [-0.05, 0) is 31.5 Å². The van der Waals surface area contributed by atoms with E-state index in [1.54, 1.807) is 0 Å². The maximum Gasteiger partial charge on any atom is 0.215 e. The first-order valence-corrected chi connectivity index (χ1v) is 6.74. The number of nitrogens with zero attached hydrogens (tertiary/aromatic N) is 1.